The van der Waals surface area contributed by atoms with E-state index < -0.39 is 0 Å². The zero-order valence-corrected chi connectivity index (χ0v) is 13.5. The van der Waals surface area contributed by atoms with E-state index in [0.717, 1.165) is 43.9 Å². The van der Waals surface area contributed by atoms with Crippen molar-refractivity contribution in [3.05, 3.63) is 23.9 Å². The van der Waals surface area contributed by atoms with Crippen LogP contribution in [-0.2, 0) is 6.54 Å². The van der Waals surface area contributed by atoms with Gasteiger partial charge in [0.25, 0.3) is 0 Å². The first-order valence-electron chi connectivity index (χ1n) is 8.57. The van der Waals surface area contributed by atoms with E-state index in [9.17, 15) is 0 Å². The molecule has 5 heteroatoms. The summed E-state index contributed by atoms with van der Waals surface area (Å²) in [6.45, 7) is 7.00. The number of nitrogens with one attached hydrogen (secondary N) is 2. The molecule has 0 atom stereocenters. The topological polar surface area (TPSA) is 52.6 Å². The highest BCUT2D eigenvalue weighted by molar-refractivity contribution is 5.79. The maximum absolute atomic E-state index is 4.70. The van der Waals surface area contributed by atoms with E-state index in [0.29, 0.717) is 6.54 Å². The van der Waals surface area contributed by atoms with Gasteiger partial charge in [-0.05, 0) is 56.2 Å². The van der Waals surface area contributed by atoms with Crippen molar-refractivity contribution in [3.63, 3.8) is 0 Å². The molecule has 1 aromatic heterocycles. The molecule has 2 heterocycles. The van der Waals surface area contributed by atoms with Crippen molar-refractivity contribution in [2.75, 3.05) is 31.1 Å². The van der Waals surface area contributed by atoms with Gasteiger partial charge < -0.3 is 15.5 Å². The molecule has 0 radical (unpaired) electrons. The Morgan fingerprint density at radius 3 is 2.86 bits per heavy atom. The van der Waals surface area contributed by atoms with Gasteiger partial charge in [-0.3, -0.25) is 0 Å². The fourth-order valence-electron chi connectivity index (χ4n) is 2.75. The molecule has 0 spiro atoms. The van der Waals surface area contributed by atoms with Gasteiger partial charge in [0.05, 0.1) is 6.54 Å². The molecule has 1 aliphatic carbocycles. The highest BCUT2D eigenvalue weighted by atomic mass is 15.2. The van der Waals surface area contributed by atoms with Crippen molar-refractivity contribution < 1.29 is 0 Å². The Hall–Kier alpha value is -1.78. The van der Waals surface area contributed by atoms with Crippen molar-refractivity contribution in [2.24, 2.45) is 10.9 Å². The van der Waals surface area contributed by atoms with Crippen molar-refractivity contribution >= 4 is 11.8 Å². The van der Waals surface area contributed by atoms with Crippen molar-refractivity contribution in [1.82, 2.24) is 15.6 Å². The van der Waals surface area contributed by atoms with Crippen LogP contribution in [0.15, 0.2) is 23.3 Å². The Labute approximate surface area is 133 Å². The summed E-state index contributed by atoms with van der Waals surface area (Å²) in [6.07, 6.45) is 7.17. The Kier molecular flexibility index (Phi) is 5.14. The van der Waals surface area contributed by atoms with E-state index >= 15 is 0 Å². The lowest BCUT2D eigenvalue weighted by Gasteiger charge is -2.16. The summed E-state index contributed by atoms with van der Waals surface area (Å²) in [4.78, 5) is 11.6. The van der Waals surface area contributed by atoms with E-state index in [2.05, 4.69) is 39.6 Å². The van der Waals surface area contributed by atoms with E-state index in [-0.39, 0.29) is 0 Å². The zero-order chi connectivity index (χ0) is 15.2. The lowest BCUT2D eigenvalue weighted by Crippen LogP contribution is -2.38. The molecule has 0 unspecified atom stereocenters. The Balaban J connectivity index is 1.59. The molecule has 1 saturated carbocycles. The Bertz CT molecular complexity index is 504. The number of hydrogen-bond acceptors (Lipinski definition) is 3. The molecule has 1 saturated heterocycles. The van der Waals surface area contributed by atoms with Gasteiger partial charge in [-0.15, -0.1) is 0 Å². The van der Waals surface area contributed by atoms with Crippen molar-refractivity contribution in [1.29, 1.82) is 0 Å². The first-order valence-corrected chi connectivity index (χ1v) is 8.57. The number of aliphatic imine (C=N–C) groups is 1. The second-order valence-electron chi connectivity index (χ2n) is 6.24. The van der Waals surface area contributed by atoms with Gasteiger partial charge in [0.2, 0.25) is 0 Å². The summed E-state index contributed by atoms with van der Waals surface area (Å²) < 4.78 is 0. The number of aromatic nitrogens is 1. The normalized spacial score (nSPS) is 18.6. The smallest absolute Gasteiger partial charge is 0.191 e. The number of pyridine rings is 1. The average Bonchev–Trinajstić information content (AvgIpc) is 3.21. The third-order valence-electron chi connectivity index (χ3n) is 4.26. The number of anilines is 1. The highest BCUT2D eigenvalue weighted by Crippen LogP contribution is 2.27. The first-order chi connectivity index (χ1) is 10.8. The van der Waals surface area contributed by atoms with Gasteiger partial charge >= 0.3 is 0 Å². The fraction of sp³-hybridized carbons (Fsp3) is 0.647. The van der Waals surface area contributed by atoms with E-state index in [1.807, 2.05) is 6.20 Å². The van der Waals surface area contributed by atoms with Crippen LogP contribution in [-0.4, -0.2) is 37.1 Å². The van der Waals surface area contributed by atoms with Gasteiger partial charge in [-0.1, -0.05) is 0 Å². The third-order valence-corrected chi connectivity index (χ3v) is 4.26. The van der Waals surface area contributed by atoms with Crippen LogP contribution in [0.1, 0.15) is 38.2 Å². The van der Waals surface area contributed by atoms with E-state index in [1.54, 1.807) is 0 Å². The van der Waals surface area contributed by atoms with Crippen LogP contribution >= 0.6 is 0 Å². The summed E-state index contributed by atoms with van der Waals surface area (Å²) in [5, 5.41) is 6.75. The molecule has 1 aliphatic heterocycles. The second-order valence-corrected chi connectivity index (χ2v) is 6.24. The zero-order valence-electron chi connectivity index (χ0n) is 13.5. The van der Waals surface area contributed by atoms with Gasteiger partial charge in [0, 0.05) is 32.4 Å². The molecule has 120 valence electrons. The maximum atomic E-state index is 4.70. The van der Waals surface area contributed by atoms with Gasteiger partial charge in [0.1, 0.15) is 5.82 Å². The van der Waals surface area contributed by atoms with E-state index in [4.69, 9.17) is 4.99 Å². The lowest BCUT2D eigenvalue weighted by atomic mass is 10.2. The van der Waals surface area contributed by atoms with Crippen LogP contribution in [0.25, 0.3) is 0 Å². The van der Waals surface area contributed by atoms with Crippen molar-refractivity contribution in [3.8, 4) is 0 Å². The summed E-state index contributed by atoms with van der Waals surface area (Å²) in [7, 11) is 0. The molecule has 2 N–H and O–H groups in total. The summed E-state index contributed by atoms with van der Waals surface area (Å²) >= 11 is 0. The fourth-order valence-corrected chi connectivity index (χ4v) is 2.75. The predicted molar refractivity (Wildman–Crippen MR) is 91.2 cm³/mol. The first kappa shape index (κ1) is 15.1. The molecule has 0 amide bonds. The molecule has 1 aromatic rings. The quantitative estimate of drug-likeness (QED) is 0.624. The van der Waals surface area contributed by atoms with Crippen LogP contribution in [0.5, 0.6) is 0 Å². The summed E-state index contributed by atoms with van der Waals surface area (Å²) in [5.74, 6) is 2.88. The number of rotatable bonds is 6. The second kappa shape index (κ2) is 7.47. The number of nitrogens with zero attached hydrogens (tertiary/aromatic N) is 3. The predicted octanol–water partition coefficient (Wildman–Crippen LogP) is 2.15. The third kappa shape index (κ3) is 4.36. The minimum Gasteiger partial charge on any atom is -0.357 e. The van der Waals surface area contributed by atoms with Crippen LogP contribution < -0.4 is 15.5 Å². The molecule has 3 rings (SSSR count). The molecular formula is C17H27N5. The number of guanidine groups is 1. The minimum absolute atomic E-state index is 0.698. The van der Waals surface area contributed by atoms with Crippen LogP contribution in [0.3, 0.4) is 0 Å². The average molecular weight is 301 g/mol. The van der Waals surface area contributed by atoms with Crippen LogP contribution in [0, 0.1) is 5.92 Å². The van der Waals surface area contributed by atoms with Crippen molar-refractivity contribution in [2.45, 2.75) is 39.2 Å². The largest absolute Gasteiger partial charge is 0.357 e. The maximum Gasteiger partial charge on any atom is 0.191 e. The molecule has 22 heavy (non-hydrogen) atoms. The Morgan fingerprint density at radius 1 is 1.32 bits per heavy atom. The minimum atomic E-state index is 0.698. The standard InChI is InChI=1S/C17H27N5/c1-2-18-17(20-12-14-5-6-14)21-13-15-7-8-19-16(11-15)22-9-3-4-10-22/h7-8,11,14H,2-6,9-10,12-13H2,1H3,(H2,18,20,21). The monoisotopic (exact) mass is 301 g/mol. The summed E-state index contributed by atoms with van der Waals surface area (Å²) in [6, 6.07) is 4.24. The molecule has 0 bridgehead atoms. The molecule has 2 aliphatic rings. The molecule has 0 aromatic carbocycles. The number of hydrogen-bond donors (Lipinski definition) is 2. The van der Waals surface area contributed by atoms with Crippen LogP contribution in [0.2, 0.25) is 0 Å². The SMILES string of the molecule is CCNC(=NCc1ccnc(N2CCCC2)c1)NCC1CC1. The molecular weight excluding hydrogens is 274 g/mol. The summed E-state index contributed by atoms with van der Waals surface area (Å²) in [5.41, 5.74) is 1.22. The van der Waals surface area contributed by atoms with Gasteiger partial charge in [-0.25, -0.2) is 9.98 Å². The van der Waals surface area contributed by atoms with Crippen LogP contribution in [0.4, 0.5) is 5.82 Å². The molecule has 2 fully saturated rings. The lowest BCUT2D eigenvalue weighted by molar-refractivity contribution is 0.739. The van der Waals surface area contributed by atoms with Gasteiger partial charge in [-0.2, -0.15) is 0 Å². The Morgan fingerprint density at radius 2 is 2.14 bits per heavy atom. The van der Waals surface area contributed by atoms with Gasteiger partial charge in [0.15, 0.2) is 5.96 Å². The molecule has 5 nitrogen and oxygen atoms in total. The highest BCUT2D eigenvalue weighted by Gasteiger charge is 2.21. The van der Waals surface area contributed by atoms with E-state index in [1.165, 1.54) is 31.2 Å².